The zero-order valence-corrected chi connectivity index (χ0v) is 17.8. The molecule has 2 aliphatic heterocycles. The summed E-state index contributed by atoms with van der Waals surface area (Å²) in [6.07, 6.45) is 4.43. The maximum Gasteiger partial charge on any atom is 0.229 e. The first-order chi connectivity index (χ1) is 14.3. The van der Waals surface area contributed by atoms with Crippen molar-refractivity contribution in [3.63, 3.8) is 0 Å². The highest BCUT2D eigenvalue weighted by Gasteiger charge is 2.25. The molecule has 1 fully saturated rings. The first-order valence-electron chi connectivity index (χ1n) is 9.95. The van der Waals surface area contributed by atoms with Crippen LogP contribution < -0.4 is 10.6 Å². The molecule has 30 heavy (non-hydrogen) atoms. The third-order valence-electron chi connectivity index (χ3n) is 5.49. The van der Waals surface area contributed by atoms with E-state index >= 15 is 0 Å². The average molecular weight is 433 g/mol. The van der Waals surface area contributed by atoms with E-state index in [4.69, 9.17) is 0 Å². The fourth-order valence-corrected chi connectivity index (χ4v) is 4.70. The SMILES string of the molecule is CC1=NCCc2ccc(Nc3ncc(F)c(NC4CCN(S(C)(=O)=O)CC4)n3)cc21. The van der Waals surface area contributed by atoms with E-state index in [2.05, 4.69) is 31.7 Å². The smallest absolute Gasteiger partial charge is 0.229 e. The number of rotatable bonds is 5. The molecule has 4 rings (SSSR count). The first kappa shape index (κ1) is 20.7. The largest absolute Gasteiger partial charge is 0.365 e. The van der Waals surface area contributed by atoms with Gasteiger partial charge in [0.15, 0.2) is 11.6 Å². The average Bonchev–Trinajstić information content (AvgIpc) is 2.71. The molecule has 0 amide bonds. The van der Waals surface area contributed by atoms with Crippen LogP contribution in [0, 0.1) is 5.82 Å². The molecule has 1 aromatic heterocycles. The molecule has 0 aliphatic carbocycles. The summed E-state index contributed by atoms with van der Waals surface area (Å²) in [6, 6.07) is 5.98. The fourth-order valence-electron chi connectivity index (χ4n) is 3.82. The number of aliphatic imine (C=N–C) groups is 1. The van der Waals surface area contributed by atoms with Crippen LogP contribution >= 0.6 is 0 Å². The molecule has 2 aliphatic rings. The molecule has 2 aromatic rings. The fraction of sp³-hybridized carbons (Fsp3) is 0.450. The molecule has 1 aromatic carbocycles. The molecular weight excluding hydrogens is 407 g/mol. The van der Waals surface area contributed by atoms with Gasteiger partial charge in [-0.15, -0.1) is 0 Å². The normalized spacial score (nSPS) is 17.9. The van der Waals surface area contributed by atoms with E-state index in [1.807, 2.05) is 19.1 Å². The topological polar surface area (TPSA) is 99.6 Å². The number of anilines is 3. The Morgan fingerprint density at radius 1 is 1.23 bits per heavy atom. The number of hydrogen-bond acceptors (Lipinski definition) is 7. The number of benzene rings is 1. The number of aromatic nitrogens is 2. The lowest BCUT2D eigenvalue weighted by atomic mass is 9.98. The minimum atomic E-state index is -3.19. The molecule has 0 radical (unpaired) electrons. The van der Waals surface area contributed by atoms with Gasteiger partial charge in [-0.25, -0.2) is 22.1 Å². The van der Waals surface area contributed by atoms with Crippen molar-refractivity contribution >= 4 is 33.2 Å². The predicted octanol–water partition coefficient (Wildman–Crippen LogP) is 2.56. The van der Waals surface area contributed by atoms with Crippen LogP contribution in [-0.4, -0.2) is 60.3 Å². The van der Waals surface area contributed by atoms with E-state index in [9.17, 15) is 12.8 Å². The molecule has 8 nitrogen and oxygen atoms in total. The number of nitrogens with one attached hydrogen (secondary N) is 2. The summed E-state index contributed by atoms with van der Waals surface area (Å²) in [7, 11) is -3.19. The van der Waals surface area contributed by atoms with E-state index in [1.54, 1.807) is 0 Å². The van der Waals surface area contributed by atoms with Crippen molar-refractivity contribution in [2.75, 3.05) is 36.5 Å². The van der Waals surface area contributed by atoms with Gasteiger partial charge in [-0.2, -0.15) is 4.98 Å². The van der Waals surface area contributed by atoms with E-state index < -0.39 is 15.8 Å². The number of sulfonamides is 1. The number of nitrogens with zero attached hydrogens (tertiary/aromatic N) is 4. The summed E-state index contributed by atoms with van der Waals surface area (Å²) in [4.78, 5) is 12.8. The molecule has 1 saturated heterocycles. The van der Waals surface area contributed by atoms with Crippen molar-refractivity contribution in [1.29, 1.82) is 0 Å². The second kappa shape index (κ2) is 8.27. The highest BCUT2D eigenvalue weighted by molar-refractivity contribution is 7.88. The lowest BCUT2D eigenvalue weighted by Crippen LogP contribution is -2.42. The van der Waals surface area contributed by atoms with Crippen molar-refractivity contribution in [2.24, 2.45) is 4.99 Å². The second-order valence-electron chi connectivity index (χ2n) is 7.68. The molecule has 0 atom stereocenters. The molecular formula is C20H25FN6O2S. The molecule has 10 heteroatoms. The van der Waals surface area contributed by atoms with E-state index in [0.29, 0.717) is 25.9 Å². The summed E-state index contributed by atoms with van der Waals surface area (Å²) >= 11 is 0. The molecule has 0 bridgehead atoms. The number of hydrogen-bond donors (Lipinski definition) is 2. The predicted molar refractivity (Wildman–Crippen MR) is 116 cm³/mol. The van der Waals surface area contributed by atoms with Gasteiger partial charge in [-0.1, -0.05) is 6.07 Å². The van der Waals surface area contributed by atoms with Crippen LogP contribution in [0.2, 0.25) is 0 Å². The zero-order chi connectivity index (χ0) is 21.3. The third-order valence-corrected chi connectivity index (χ3v) is 6.80. The Morgan fingerprint density at radius 3 is 2.73 bits per heavy atom. The minimum Gasteiger partial charge on any atom is -0.365 e. The molecule has 160 valence electrons. The Labute approximate surface area is 175 Å². The van der Waals surface area contributed by atoms with Gasteiger partial charge >= 0.3 is 0 Å². The molecule has 0 spiro atoms. The molecule has 0 unspecified atom stereocenters. The Kier molecular flexibility index (Phi) is 5.70. The standard InChI is InChI=1S/C20H25FN6O2S/c1-13-17-11-16(4-3-14(17)5-8-22-13)25-20-23-12-18(21)19(26-20)24-15-6-9-27(10-7-15)30(2,28)29/h3-4,11-12,15H,5-10H2,1-2H3,(H2,23,24,25,26). The Morgan fingerprint density at radius 2 is 2.00 bits per heavy atom. The molecule has 2 N–H and O–H groups in total. The maximum absolute atomic E-state index is 14.3. The van der Waals surface area contributed by atoms with E-state index in [1.165, 1.54) is 16.1 Å². The second-order valence-corrected chi connectivity index (χ2v) is 9.67. The number of halogens is 1. The Bertz CT molecular complexity index is 1080. The number of fused-ring (bicyclic) bond motifs is 1. The number of piperidine rings is 1. The van der Waals surface area contributed by atoms with Gasteiger partial charge < -0.3 is 10.6 Å². The van der Waals surface area contributed by atoms with Crippen molar-refractivity contribution in [3.05, 3.63) is 41.3 Å². The Balaban J connectivity index is 1.45. The summed E-state index contributed by atoms with van der Waals surface area (Å²) in [5, 5.41) is 6.23. The van der Waals surface area contributed by atoms with Crippen molar-refractivity contribution in [2.45, 2.75) is 32.2 Å². The van der Waals surface area contributed by atoms with Crippen molar-refractivity contribution in [3.8, 4) is 0 Å². The maximum atomic E-state index is 14.3. The van der Waals surface area contributed by atoms with Gasteiger partial charge in [-0.05, 0) is 43.9 Å². The van der Waals surface area contributed by atoms with Gasteiger partial charge in [0.05, 0.1) is 12.5 Å². The Hall–Kier alpha value is -2.59. The molecule has 3 heterocycles. The van der Waals surface area contributed by atoms with Crippen molar-refractivity contribution in [1.82, 2.24) is 14.3 Å². The first-order valence-corrected chi connectivity index (χ1v) is 11.8. The monoisotopic (exact) mass is 432 g/mol. The lowest BCUT2D eigenvalue weighted by molar-refractivity contribution is 0.331. The van der Waals surface area contributed by atoms with Crippen LogP contribution in [-0.2, 0) is 16.4 Å². The minimum absolute atomic E-state index is 0.0529. The van der Waals surface area contributed by atoms with E-state index in [-0.39, 0.29) is 17.8 Å². The van der Waals surface area contributed by atoms with Crippen molar-refractivity contribution < 1.29 is 12.8 Å². The zero-order valence-electron chi connectivity index (χ0n) is 17.0. The van der Waals surface area contributed by atoms with Crippen LogP contribution in [0.5, 0.6) is 0 Å². The van der Waals surface area contributed by atoms with Crippen LogP contribution in [0.25, 0.3) is 0 Å². The van der Waals surface area contributed by atoms with Gasteiger partial charge in [0, 0.05) is 42.6 Å². The summed E-state index contributed by atoms with van der Waals surface area (Å²) in [5.74, 6) is -0.140. The van der Waals surface area contributed by atoms with Gasteiger partial charge in [0.2, 0.25) is 16.0 Å². The highest BCUT2D eigenvalue weighted by atomic mass is 32.2. The lowest BCUT2D eigenvalue weighted by Gasteiger charge is -2.30. The quantitative estimate of drug-likeness (QED) is 0.753. The van der Waals surface area contributed by atoms with E-state index in [0.717, 1.165) is 36.1 Å². The summed E-state index contributed by atoms with van der Waals surface area (Å²) in [6.45, 7) is 3.62. The van der Waals surface area contributed by atoms with Gasteiger partial charge in [-0.3, -0.25) is 4.99 Å². The van der Waals surface area contributed by atoms with Gasteiger partial charge in [0.25, 0.3) is 0 Å². The third kappa shape index (κ3) is 4.59. The van der Waals surface area contributed by atoms with Crippen LogP contribution in [0.4, 0.5) is 21.8 Å². The summed E-state index contributed by atoms with van der Waals surface area (Å²) in [5.41, 5.74) is 4.17. The van der Waals surface area contributed by atoms with Crippen LogP contribution in [0.15, 0.2) is 29.4 Å². The highest BCUT2D eigenvalue weighted by Crippen LogP contribution is 2.24. The summed E-state index contributed by atoms with van der Waals surface area (Å²) < 4.78 is 39.0. The van der Waals surface area contributed by atoms with Crippen LogP contribution in [0.1, 0.15) is 30.9 Å². The molecule has 0 saturated carbocycles. The van der Waals surface area contributed by atoms with Crippen LogP contribution in [0.3, 0.4) is 0 Å². The van der Waals surface area contributed by atoms with Gasteiger partial charge in [0.1, 0.15) is 0 Å².